The van der Waals surface area contributed by atoms with Crippen LogP contribution in [0.15, 0.2) is 0 Å². The highest BCUT2D eigenvalue weighted by Crippen LogP contribution is 2.30. The standard InChI is InChI=1S/C37H67N3O8/c1-29(41)19-17-15-13-12-14-16-18-20-37(40(23-30(2)42)26-33(45)48-36(9,10)11)27-38(24-31(43)46-34(3,4)5)21-22-39(28-37)25-32(44)47-35(6,7)8/h12-28H2,1-11H3. The number of carbonyl (C=O) groups is 5. The summed E-state index contributed by atoms with van der Waals surface area (Å²) in [6.45, 7) is 21.4. The zero-order valence-electron chi connectivity index (χ0n) is 32.1. The lowest BCUT2D eigenvalue weighted by atomic mass is 9.87. The first kappa shape index (κ1) is 43.7. The molecule has 0 aliphatic carbocycles. The molecule has 1 aliphatic heterocycles. The molecular weight excluding hydrogens is 614 g/mol. The van der Waals surface area contributed by atoms with Crippen LogP contribution >= 0.6 is 0 Å². The van der Waals surface area contributed by atoms with Crippen LogP contribution in [0, 0.1) is 0 Å². The largest absolute Gasteiger partial charge is 0.459 e. The number of esters is 3. The SMILES string of the molecule is CC(=O)CCCCCCCCCC1(N(CC(C)=O)CC(=O)OC(C)(C)C)CN(CC(=O)OC(C)(C)C)CCN(CC(=O)OC(C)(C)C)C1. The van der Waals surface area contributed by atoms with Crippen LogP contribution in [-0.2, 0) is 38.2 Å². The van der Waals surface area contributed by atoms with Crippen molar-refractivity contribution in [2.45, 2.75) is 156 Å². The van der Waals surface area contributed by atoms with E-state index in [0.29, 0.717) is 39.0 Å². The fourth-order valence-corrected chi connectivity index (χ4v) is 6.12. The molecule has 0 amide bonds. The average Bonchev–Trinajstić information content (AvgIpc) is 3.03. The molecule has 1 heterocycles. The van der Waals surface area contributed by atoms with E-state index in [0.717, 1.165) is 44.9 Å². The van der Waals surface area contributed by atoms with Crippen molar-refractivity contribution < 1.29 is 38.2 Å². The summed E-state index contributed by atoms with van der Waals surface area (Å²) in [4.78, 5) is 69.5. The first-order chi connectivity index (χ1) is 22.0. The molecule has 0 atom stereocenters. The average molecular weight is 682 g/mol. The third kappa shape index (κ3) is 20.2. The second kappa shape index (κ2) is 19.7. The van der Waals surface area contributed by atoms with Crippen molar-refractivity contribution in [1.82, 2.24) is 14.7 Å². The minimum atomic E-state index is -0.759. The fourth-order valence-electron chi connectivity index (χ4n) is 6.12. The molecule has 48 heavy (non-hydrogen) atoms. The summed E-state index contributed by atoms with van der Waals surface area (Å²) in [7, 11) is 0. The Labute approximate surface area is 290 Å². The predicted octanol–water partition coefficient (Wildman–Crippen LogP) is 5.36. The molecule has 0 spiro atoms. The highest BCUT2D eigenvalue weighted by Gasteiger charge is 2.44. The maximum absolute atomic E-state index is 13.3. The normalized spacial score (nSPS) is 16.3. The van der Waals surface area contributed by atoms with Crippen molar-refractivity contribution in [3.63, 3.8) is 0 Å². The Hall–Kier alpha value is -2.37. The third-order valence-corrected chi connectivity index (χ3v) is 7.81. The van der Waals surface area contributed by atoms with Gasteiger partial charge >= 0.3 is 17.9 Å². The van der Waals surface area contributed by atoms with E-state index >= 15 is 0 Å². The highest BCUT2D eigenvalue weighted by molar-refractivity contribution is 5.79. The molecule has 0 saturated carbocycles. The Kier molecular flexibility index (Phi) is 17.9. The van der Waals surface area contributed by atoms with Gasteiger partial charge in [-0.25, -0.2) is 0 Å². The molecule has 1 aliphatic rings. The van der Waals surface area contributed by atoms with Gasteiger partial charge in [-0.15, -0.1) is 0 Å². The number of carbonyl (C=O) groups excluding carboxylic acids is 5. The van der Waals surface area contributed by atoms with E-state index in [2.05, 4.69) is 0 Å². The molecule has 1 saturated heterocycles. The predicted molar refractivity (Wildman–Crippen MR) is 188 cm³/mol. The van der Waals surface area contributed by atoms with E-state index < -0.39 is 28.3 Å². The van der Waals surface area contributed by atoms with Crippen LogP contribution in [-0.4, -0.2) is 119 Å². The second-order valence-corrected chi connectivity index (χ2v) is 16.6. The molecule has 11 nitrogen and oxygen atoms in total. The quantitative estimate of drug-likeness (QED) is 0.0995. The van der Waals surface area contributed by atoms with Gasteiger partial charge in [0.25, 0.3) is 0 Å². The summed E-state index contributed by atoms with van der Waals surface area (Å²) in [5.74, 6) is -1.01. The fraction of sp³-hybridized carbons (Fsp3) is 0.865. The number of hydrogen-bond acceptors (Lipinski definition) is 11. The summed E-state index contributed by atoms with van der Waals surface area (Å²) in [6, 6.07) is 0. The number of hydrogen-bond donors (Lipinski definition) is 0. The Morgan fingerprint density at radius 3 is 1.35 bits per heavy atom. The lowest BCUT2D eigenvalue weighted by Crippen LogP contribution is -2.62. The van der Waals surface area contributed by atoms with Crippen molar-refractivity contribution in [3.8, 4) is 0 Å². The van der Waals surface area contributed by atoms with Crippen LogP contribution in [0.1, 0.15) is 134 Å². The summed E-state index contributed by atoms with van der Waals surface area (Å²) >= 11 is 0. The van der Waals surface area contributed by atoms with Crippen LogP contribution in [0.2, 0.25) is 0 Å². The van der Waals surface area contributed by atoms with Crippen LogP contribution in [0.25, 0.3) is 0 Å². The molecule has 11 heteroatoms. The Bertz CT molecular complexity index is 1010. The summed E-state index contributed by atoms with van der Waals surface area (Å²) in [5, 5.41) is 0. The number of ether oxygens (including phenoxy) is 3. The van der Waals surface area contributed by atoms with Crippen molar-refractivity contribution in [1.29, 1.82) is 0 Å². The van der Waals surface area contributed by atoms with E-state index in [1.165, 1.54) is 6.92 Å². The number of rotatable bonds is 19. The molecule has 0 bridgehead atoms. The van der Waals surface area contributed by atoms with Gasteiger partial charge in [-0.1, -0.05) is 38.5 Å². The first-order valence-corrected chi connectivity index (χ1v) is 17.8. The Morgan fingerprint density at radius 1 is 0.562 bits per heavy atom. The highest BCUT2D eigenvalue weighted by atomic mass is 16.6. The van der Waals surface area contributed by atoms with Crippen LogP contribution in [0.3, 0.4) is 0 Å². The molecule has 0 aromatic rings. The van der Waals surface area contributed by atoms with Crippen LogP contribution in [0.4, 0.5) is 0 Å². The molecule has 0 radical (unpaired) electrons. The minimum Gasteiger partial charge on any atom is -0.459 e. The summed E-state index contributed by atoms with van der Waals surface area (Å²) in [5.41, 5.74) is -2.76. The molecule has 0 N–H and O–H groups in total. The Morgan fingerprint density at radius 2 is 0.958 bits per heavy atom. The van der Waals surface area contributed by atoms with E-state index in [1.54, 1.807) is 6.92 Å². The zero-order chi connectivity index (χ0) is 36.8. The van der Waals surface area contributed by atoms with Gasteiger partial charge in [0.15, 0.2) is 0 Å². The Balaban J connectivity index is 3.44. The van der Waals surface area contributed by atoms with Gasteiger partial charge < -0.3 is 19.0 Å². The van der Waals surface area contributed by atoms with Gasteiger partial charge in [-0.3, -0.25) is 33.9 Å². The molecule has 0 aromatic carbocycles. The maximum Gasteiger partial charge on any atom is 0.320 e. The van der Waals surface area contributed by atoms with E-state index in [-0.39, 0.29) is 49.7 Å². The van der Waals surface area contributed by atoms with Gasteiger partial charge in [-0.05, 0) is 89.0 Å². The summed E-state index contributed by atoms with van der Waals surface area (Å²) in [6.07, 6.45) is 8.17. The molecule has 1 fully saturated rings. The number of ketones is 2. The molecular formula is C37H67N3O8. The number of unbranched alkanes of at least 4 members (excludes halogenated alkanes) is 6. The zero-order valence-corrected chi connectivity index (χ0v) is 32.1. The molecule has 1 rings (SSSR count). The number of nitrogens with zero attached hydrogens (tertiary/aromatic N) is 3. The molecule has 0 unspecified atom stereocenters. The van der Waals surface area contributed by atoms with Gasteiger partial charge in [0, 0.05) is 38.1 Å². The smallest absolute Gasteiger partial charge is 0.320 e. The lowest BCUT2D eigenvalue weighted by Gasteiger charge is -2.46. The third-order valence-electron chi connectivity index (χ3n) is 7.81. The van der Waals surface area contributed by atoms with Gasteiger partial charge in [0.2, 0.25) is 0 Å². The molecule has 278 valence electrons. The number of Topliss-reactive ketones (excluding diaryl/α,β-unsaturated/α-hetero) is 2. The van der Waals surface area contributed by atoms with Crippen LogP contribution in [0.5, 0.6) is 0 Å². The molecule has 0 aromatic heterocycles. The first-order valence-electron chi connectivity index (χ1n) is 17.8. The minimum absolute atomic E-state index is 0.0238. The lowest BCUT2D eigenvalue weighted by molar-refractivity contribution is -0.161. The van der Waals surface area contributed by atoms with Gasteiger partial charge in [0.1, 0.15) is 28.4 Å². The van der Waals surface area contributed by atoms with Gasteiger partial charge in [-0.2, -0.15) is 0 Å². The van der Waals surface area contributed by atoms with Gasteiger partial charge in [0.05, 0.1) is 26.2 Å². The van der Waals surface area contributed by atoms with Crippen molar-refractivity contribution in [2.24, 2.45) is 0 Å². The summed E-state index contributed by atoms with van der Waals surface area (Å²) < 4.78 is 17.1. The van der Waals surface area contributed by atoms with E-state index in [4.69, 9.17) is 14.2 Å². The monoisotopic (exact) mass is 681 g/mol. The second-order valence-electron chi connectivity index (χ2n) is 16.6. The van der Waals surface area contributed by atoms with Crippen LogP contribution < -0.4 is 0 Å². The van der Waals surface area contributed by atoms with E-state index in [1.807, 2.05) is 77.0 Å². The topological polar surface area (TPSA) is 123 Å². The van der Waals surface area contributed by atoms with Crippen molar-refractivity contribution in [2.75, 3.05) is 52.4 Å². The van der Waals surface area contributed by atoms with E-state index in [9.17, 15) is 24.0 Å². The van der Waals surface area contributed by atoms with Crippen molar-refractivity contribution >= 4 is 29.5 Å². The van der Waals surface area contributed by atoms with Crippen molar-refractivity contribution in [3.05, 3.63) is 0 Å². The maximum atomic E-state index is 13.3.